The van der Waals surface area contributed by atoms with Crippen LogP contribution in [0.5, 0.6) is 5.75 Å². The van der Waals surface area contributed by atoms with Gasteiger partial charge in [-0.05, 0) is 43.5 Å². The van der Waals surface area contributed by atoms with Crippen LogP contribution >= 0.6 is 0 Å². The zero-order valence-electron chi connectivity index (χ0n) is 19.6. The highest BCUT2D eigenvalue weighted by Gasteiger charge is 2.45. The molecule has 9 heteroatoms. The fourth-order valence-electron chi connectivity index (χ4n) is 4.02. The highest BCUT2D eigenvalue weighted by molar-refractivity contribution is 5.90. The standard InChI is InChI=1S/C23H33N5O4/c1-14(2)32-17-9-7-15(8-10-17)18-13-28(26-25-18)20(23(3,4)5)22(31)27-12-16(29)11-19(27)21(30)24-6/h7-10,13-14,16,19-20,29H,11-12H2,1-6H3,(H,24,30)/t16?,19?,20-/m1/s1. The van der Waals surface area contributed by atoms with Gasteiger partial charge in [0.15, 0.2) is 0 Å². The van der Waals surface area contributed by atoms with E-state index < -0.39 is 23.6 Å². The third-order valence-electron chi connectivity index (χ3n) is 5.46. The number of carbonyl (C=O) groups excluding carboxylic acids is 2. The molecule has 3 atom stereocenters. The van der Waals surface area contributed by atoms with Crippen LogP contribution in [0.1, 0.15) is 47.1 Å². The van der Waals surface area contributed by atoms with E-state index >= 15 is 0 Å². The normalized spacial score (nSPS) is 19.8. The molecular weight excluding hydrogens is 410 g/mol. The SMILES string of the molecule is CNC(=O)C1CC(O)CN1C(=O)[C@@H](n1cc(-c2ccc(OC(C)C)cc2)nn1)C(C)(C)C. The van der Waals surface area contributed by atoms with Crippen molar-refractivity contribution in [2.45, 2.75) is 65.3 Å². The van der Waals surface area contributed by atoms with Crippen molar-refractivity contribution in [3.8, 4) is 17.0 Å². The second kappa shape index (κ2) is 9.28. The van der Waals surface area contributed by atoms with E-state index in [9.17, 15) is 14.7 Å². The van der Waals surface area contributed by atoms with Gasteiger partial charge in [-0.2, -0.15) is 0 Å². The smallest absolute Gasteiger partial charge is 0.248 e. The summed E-state index contributed by atoms with van der Waals surface area (Å²) in [5.41, 5.74) is 0.984. The van der Waals surface area contributed by atoms with Crippen LogP contribution in [0.3, 0.4) is 0 Å². The van der Waals surface area contributed by atoms with E-state index in [4.69, 9.17) is 4.74 Å². The molecule has 0 saturated carbocycles. The zero-order chi connectivity index (χ0) is 23.6. The molecule has 32 heavy (non-hydrogen) atoms. The monoisotopic (exact) mass is 443 g/mol. The maximum atomic E-state index is 13.6. The number of carbonyl (C=O) groups is 2. The number of amides is 2. The zero-order valence-corrected chi connectivity index (χ0v) is 19.6. The van der Waals surface area contributed by atoms with Gasteiger partial charge in [0.1, 0.15) is 23.5 Å². The van der Waals surface area contributed by atoms with Crippen molar-refractivity contribution in [2.75, 3.05) is 13.6 Å². The van der Waals surface area contributed by atoms with Gasteiger partial charge in [-0.3, -0.25) is 9.59 Å². The lowest BCUT2D eigenvalue weighted by Gasteiger charge is -2.34. The maximum absolute atomic E-state index is 13.6. The molecule has 2 aromatic rings. The molecule has 1 aromatic heterocycles. The molecule has 1 fully saturated rings. The molecule has 2 amide bonds. The number of hydrogen-bond donors (Lipinski definition) is 2. The lowest BCUT2D eigenvalue weighted by molar-refractivity contribution is -0.144. The summed E-state index contributed by atoms with van der Waals surface area (Å²) in [5.74, 6) is 0.219. The number of likely N-dealkylation sites (tertiary alicyclic amines) is 1. The summed E-state index contributed by atoms with van der Waals surface area (Å²) in [4.78, 5) is 27.4. The molecule has 174 valence electrons. The summed E-state index contributed by atoms with van der Waals surface area (Å²) in [6, 6.07) is 6.16. The van der Waals surface area contributed by atoms with Crippen LogP contribution in [-0.2, 0) is 9.59 Å². The van der Waals surface area contributed by atoms with E-state index in [1.54, 1.807) is 10.9 Å². The van der Waals surface area contributed by atoms with Crippen LogP contribution in [0.15, 0.2) is 30.5 Å². The quantitative estimate of drug-likeness (QED) is 0.707. The number of likely N-dealkylation sites (N-methyl/N-ethyl adjacent to an activating group) is 1. The number of β-amino-alcohol motifs (C(OH)–C–C–N with tert-alkyl or cyclic N) is 1. The van der Waals surface area contributed by atoms with Crippen LogP contribution < -0.4 is 10.1 Å². The largest absolute Gasteiger partial charge is 0.491 e. The predicted molar refractivity (Wildman–Crippen MR) is 120 cm³/mol. The highest BCUT2D eigenvalue weighted by Crippen LogP contribution is 2.35. The molecule has 1 saturated heterocycles. The van der Waals surface area contributed by atoms with Gasteiger partial charge in [-0.25, -0.2) is 4.68 Å². The van der Waals surface area contributed by atoms with Crippen molar-refractivity contribution < 1.29 is 19.4 Å². The number of aliphatic hydroxyl groups is 1. The van der Waals surface area contributed by atoms with Crippen molar-refractivity contribution in [2.24, 2.45) is 5.41 Å². The number of aliphatic hydroxyl groups excluding tert-OH is 1. The molecule has 1 aliphatic rings. The Labute approximate surface area is 188 Å². The molecular formula is C23H33N5O4. The molecule has 0 bridgehead atoms. The number of nitrogens with one attached hydrogen (secondary N) is 1. The first-order valence-electron chi connectivity index (χ1n) is 10.9. The van der Waals surface area contributed by atoms with E-state index in [-0.39, 0.29) is 30.9 Å². The number of ether oxygens (including phenoxy) is 1. The lowest BCUT2D eigenvalue weighted by Crippen LogP contribution is -2.49. The van der Waals surface area contributed by atoms with Gasteiger partial charge in [-0.1, -0.05) is 26.0 Å². The van der Waals surface area contributed by atoms with Gasteiger partial charge in [0.05, 0.1) is 18.4 Å². The molecule has 2 unspecified atom stereocenters. The van der Waals surface area contributed by atoms with E-state index in [1.807, 2.05) is 58.9 Å². The third-order valence-corrected chi connectivity index (χ3v) is 5.46. The minimum absolute atomic E-state index is 0.0861. The van der Waals surface area contributed by atoms with Crippen LogP contribution in [0.4, 0.5) is 0 Å². The van der Waals surface area contributed by atoms with Gasteiger partial charge >= 0.3 is 0 Å². The fraction of sp³-hybridized carbons (Fsp3) is 0.565. The predicted octanol–water partition coefficient (Wildman–Crippen LogP) is 2.03. The summed E-state index contributed by atoms with van der Waals surface area (Å²) in [5, 5.41) is 21.2. The summed E-state index contributed by atoms with van der Waals surface area (Å²) in [6.07, 6.45) is 1.31. The van der Waals surface area contributed by atoms with Gasteiger partial charge < -0.3 is 20.1 Å². The second-order valence-electron chi connectivity index (χ2n) is 9.55. The Hall–Kier alpha value is -2.94. The second-order valence-corrected chi connectivity index (χ2v) is 9.55. The van der Waals surface area contributed by atoms with Crippen LogP contribution in [0.25, 0.3) is 11.3 Å². The lowest BCUT2D eigenvalue weighted by atomic mass is 9.85. The molecule has 9 nitrogen and oxygen atoms in total. The minimum Gasteiger partial charge on any atom is -0.491 e. The first-order chi connectivity index (χ1) is 15.0. The Morgan fingerprint density at radius 2 is 1.88 bits per heavy atom. The molecule has 2 heterocycles. The van der Waals surface area contributed by atoms with Crippen molar-refractivity contribution in [1.29, 1.82) is 0 Å². The minimum atomic E-state index is -0.736. The Morgan fingerprint density at radius 3 is 2.44 bits per heavy atom. The number of hydrogen-bond acceptors (Lipinski definition) is 6. The average Bonchev–Trinajstić information content (AvgIpc) is 3.33. The summed E-state index contributed by atoms with van der Waals surface area (Å²) < 4.78 is 7.24. The first-order valence-corrected chi connectivity index (χ1v) is 10.9. The van der Waals surface area contributed by atoms with E-state index in [0.29, 0.717) is 5.69 Å². The number of rotatable bonds is 6. The highest BCUT2D eigenvalue weighted by atomic mass is 16.5. The summed E-state index contributed by atoms with van der Waals surface area (Å²) >= 11 is 0. The Morgan fingerprint density at radius 1 is 1.22 bits per heavy atom. The van der Waals surface area contributed by atoms with E-state index in [0.717, 1.165) is 11.3 Å². The molecule has 2 N–H and O–H groups in total. The van der Waals surface area contributed by atoms with Crippen molar-refractivity contribution in [3.63, 3.8) is 0 Å². The number of aromatic nitrogens is 3. The first kappa shape index (κ1) is 23.7. The molecule has 1 aliphatic heterocycles. The molecule has 0 spiro atoms. The third kappa shape index (κ3) is 5.09. The van der Waals surface area contributed by atoms with E-state index in [2.05, 4.69) is 15.6 Å². The number of benzene rings is 1. The topological polar surface area (TPSA) is 110 Å². The summed E-state index contributed by atoms with van der Waals surface area (Å²) in [7, 11) is 1.53. The van der Waals surface area contributed by atoms with Gasteiger partial charge in [-0.15, -0.1) is 5.10 Å². The van der Waals surface area contributed by atoms with Crippen LogP contribution in [0, 0.1) is 5.41 Å². The Kier molecular flexibility index (Phi) is 6.88. The van der Waals surface area contributed by atoms with Crippen LogP contribution in [0.2, 0.25) is 0 Å². The molecule has 0 aliphatic carbocycles. The molecule has 1 aromatic carbocycles. The van der Waals surface area contributed by atoms with E-state index in [1.165, 1.54) is 11.9 Å². The maximum Gasteiger partial charge on any atom is 0.248 e. The van der Waals surface area contributed by atoms with Crippen LogP contribution in [-0.4, -0.2) is 68.7 Å². The fourth-order valence-corrected chi connectivity index (χ4v) is 4.02. The summed E-state index contributed by atoms with van der Waals surface area (Å²) in [6.45, 7) is 9.87. The average molecular weight is 444 g/mol. The van der Waals surface area contributed by atoms with Gasteiger partial charge in [0.25, 0.3) is 0 Å². The van der Waals surface area contributed by atoms with Crippen molar-refractivity contribution in [1.82, 2.24) is 25.2 Å². The number of nitrogens with zero attached hydrogens (tertiary/aromatic N) is 4. The van der Waals surface area contributed by atoms with Gasteiger partial charge in [0, 0.05) is 25.6 Å². The molecule has 3 rings (SSSR count). The van der Waals surface area contributed by atoms with Crippen molar-refractivity contribution >= 4 is 11.8 Å². The Balaban J connectivity index is 1.88. The molecule has 0 radical (unpaired) electrons. The Bertz CT molecular complexity index is 948. The van der Waals surface area contributed by atoms with Gasteiger partial charge in [0.2, 0.25) is 11.8 Å². The van der Waals surface area contributed by atoms with Crippen molar-refractivity contribution in [3.05, 3.63) is 30.5 Å².